The molecule has 19 heavy (non-hydrogen) atoms. The Labute approximate surface area is 122 Å². The van der Waals surface area contributed by atoms with E-state index in [0.717, 1.165) is 24.2 Å². The highest BCUT2D eigenvalue weighted by Crippen LogP contribution is 2.22. The Morgan fingerprint density at radius 3 is 2.53 bits per heavy atom. The lowest BCUT2D eigenvalue weighted by Gasteiger charge is -2.45. The van der Waals surface area contributed by atoms with E-state index in [9.17, 15) is 0 Å². The predicted octanol–water partition coefficient (Wildman–Crippen LogP) is 2.36. The second-order valence-electron chi connectivity index (χ2n) is 6.42. The second kappa shape index (κ2) is 6.40. The Morgan fingerprint density at radius 1 is 0.895 bits per heavy atom. The number of hydrogen-bond acceptors (Lipinski definition) is 2. The van der Waals surface area contributed by atoms with Crippen LogP contribution < -0.4 is 5.32 Å². The van der Waals surface area contributed by atoms with Crippen molar-refractivity contribution in [3.8, 4) is 0 Å². The van der Waals surface area contributed by atoms with Crippen LogP contribution in [0, 0.1) is 0 Å². The first kappa shape index (κ1) is 13.6. The van der Waals surface area contributed by atoms with Gasteiger partial charge in [0.1, 0.15) is 0 Å². The normalized spacial score (nSPS) is 29.9. The molecule has 1 unspecified atom stereocenters. The maximum absolute atomic E-state index is 5.64. The molecule has 0 spiro atoms. The first-order valence-electron chi connectivity index (χ1n) is 8.12. The summed E-state index contributed by atoms with van der Waals surface area (Å²) in [6.45, 7) is 4.78. The quantitative estimate of drug-likeness (QED) is 0.744. The predicted molar refractivity (Wildman–Crippen MR) is 83.4 cm³/mol. The van der Waals surface area contributed by atoms with Crippen LogP contribution in [0.3, 0.4) is 0 Å². The average Bonchev–Trinajstić information content (AvgIpc) is 2.48. The zero-order valence-electron chi connectivity index (χ0n) is 11.9. The summed E-state index contributed by atoms with van der Waals surface area (Å²) in [6.07, 6.45) is 10.9. The van der Waals surface area contributed by atoms with E-state index in [4.69, 9.17) is 12.2 Å². The maximum atomic E-state index is 5.64. The van der Waals surface area contributed by atoms with Crippen LogP contribution in [-0.2, 0) is 0 Å². The molecular formula is C15H27N3S. The van der Waals surface area contributed by atoms with E-state index in [0.29, 0.717) is 6.04 Å². The van der Waals surface area contributed by atoms with Crippen LogP contribution in [0.2, 0.25) is 0 Å². The van der Waals surface area contributed by atoms with Crippen molar-refractivity contribution in [3.63, 3.8) is 0 Å². The van der Waals surface area contributed by atoms with Gasteiger partial charge in [0.25, 0.3) is 0 Å². The zero-order chi connectivity index (χ0) is 13.1. The summed E-state index contributed by atoms with van der Waals surface area (Å²) >= 11 is 5.64. The number of hydrogen-bond donors (Lipinski definition) is 1. The fourth-order valence-electron chi connectivity index (χ4n) is 3.85. The highest BCUT2D eigenvalue weighted by atomic mass is 32.1. The molecule has 0 radical (unpaired) electrons. The molecule has 0 amide bonds. The van der Waals surface area contributed by atoms with Gasteiger partial charge in [-0.1, -0.05) is 25.7 Å². The summed E-state index contributed by atoms with van der Waals surface area (Å²) in [5.41, 5.74) is 0. The number of nitrogens with one attached hydrogen (secondary N) is 1. The number of piperidine rings is 1. The molecule has 0 aromatic rings. The fourth-order valence-corrected chi connectivity index (χ4v) is 4.19. The standard InChI is InChI=1S/C15H27N3S/c19-15(16-13-6-2-1-3-7-13)18-11-10-17-9-5-4-8-14(17)12-18/h13-14H,1-12H2,(H,16,19). The van der Waals surface area contributed by atoms with Gasteiger partial charge >= 0.3 is 0 Å². The molecule has 108 valence electrons. The Kier molecular flexibility index (Phi) is 4.59. The van der Waals surface area contributed by atoms with Crippen LogP contribution in [-0.4, -0.2) is 53.2 Å². The van der Waals surface area contributed by atoms with Gasteiger partial charge in [-0.3, -0.25) is 4.90 Å². The van der Waals surface area contributed by atoms with Crippen molar-refractivity contribution in [1.29, 1.82) is 0 Å². The monoisotopic (exact) mass is 281 g/mol. The first-order chi connectivity index (χ1) is 9.33. The van der Waals surface area contributed by atoms with Gasteiger partial charge in [-0.25, -0.2) is 0 Å². The Morgan fingerprint density at radius 2 is 1.68 bits per heavy atom. The maximum Gasteiger partial charge on any atom is 0.169 e. The van der Waals surface area contributed by atoms with Crippen LogP contribution in [0.25, 0.3) is 0 Å². The van der Waals surface area contributed by atoms with Gasteiger partial charge in [0.05, 0.1) is 0 Å². The highest BCUT2D eigenvalue weighted by Gasteiger charge is 2.30. The minimum absolute atomic E-state index is 0.644. The lowest BCUT2D eigenvalue weighted by atomic mass is 9.95. The average molecular weight is 281 g/mol. The van der Waals surface area contributed by atoms with Crippen molar-refractivity contribution in [2.45, 2.75) is 63.5 Å². The van der Waals surface area contributed by atoms with E-state index in [1.54, 1.807) is 0 Å². The summed E-state index contributed by atoms with van der Waals surface area (Å²) in [5.74, 6) is 0. The summed E-state index contributed by atoms with van der Waals surface area (Å²) < 4.78 is 0. The van der Waals surface area contributed by atoms with Crippen molar-refractivity contribution < 1.29 is 0 Å². The van der Waals surface area contributed by atoms with Gasteiger partial charge in [0, 0.05) is 31.7 Å². The molecule has 2 heterocycles. The molecule has 3 aliphatic rings. The summed E-state index contributed by atoms with van der Waals surface area (Å²) in [7, 11) is 0. The number of thiocarbonyl (C=S) groups is 1. The summed E-state index contributed by atoms with van der Waals surface area (Å²) in [4.78, 5) is 5.10. The molecule has 3 nitrogen and oxygen atoms in total. The first-order valence-corrected chi connectivity index (χ1v) is 8.53. The SMILES string of the molecule is S=C(NC1CCCCC1)N1CCN2CCCCC2C1. The third-order valence-corrected chi connectivity index (χ3v) is 5.43. The molecule has 2 saturated heterocycles. The molecule has 1 saturated carbocycles. The molecule has 1 aliphatic carbocycles. The molecule has 2 aliphatic heterocycles. The van der Waals surface area contributed by atoms with Gasteiger partial charge in [0.2, 0.25) is 0 Å². The number of rotatable bonds is 1. The van der Waals surface area contributed by atoms with E-state index in [-0.39, 0.29) is 0 Å². The van der Waals surface area contributed by atoms with Crippen LogP contribution in [0.15, 0.2) is 0 Å². The van der Waals surface area contributed by atoms with Crippen molar-refractivity contribution in [2.24, 2.45) is 0 Å². The lowest BCUT2D eigenvalue weighted by Crippen LogP contribution is -2.58. The molecular weight excluding hydrogens is 254 g/mol. The van der Waals surface area contributed by atoms with E-state index < -0.39 is 0 Å². The molecule has 3 fully saturated rings. The number of fused-ring (bicyclic) bond motifs is 1. The van der Waals surface area contributed by atoms with Gasteiger partial charge in [-0.2, -0.15) is 0 Å². The molecule has 0 aromatic carbocycles. The summed E-state index contributed by atoms with van der Waals surface area (Å²) in [6, 6.07) is 1.40. The summed E-state index contributed by atoms with van der Waals surface area (Å²) in [5, 5.41) is 4.65. The molecule has 0 bridgehead atoms. The number of nitrogens with zero attached hydrogens (tertiary/aromatic N) is 2. The lowest BCUT2D eigenvalue weighted by molar-refractivity contribution is 0.0794. The van der Waals surface area contributed by atoms with E-state index in [1.165, 1.54) is 64.5 Å². The molecule has 3 rings (SSSR count). The van der Waals surface area contributed by atoms with Crippen molar-refractivity contribution in [3.05, 3.63) is 0 Å². The Bertz CT molecular complexity index is 315. The van der Waals surface area contributed by atoms with Gasteiger partial charge in [-0.05, 0) is 44.4 Å². The fraction of sp³-hybridized carbons (Fsp3) is 0.933. The minimum Gasteiger partial charge on any atom is -0.360 e. The van der Waals surface area contributed by atoms with E-state index >= 15 is 0 Å². The Balaban J connectivity index is 1.49. The molecule has 1 N–H and O–H groups in total. The Hall–Kier alpha value is -0.350. The van der Waals surface area contributed by atoms with Crippen molar-refractivity contribution >= 4 is 17.3 Å². The van der Waals surface area contributed by atoms with Gasteiger partial charge < -0.3 is 10.2 Å². The third kappa shape index (κ3) is 3.40. The third-order valence-electron chi connectivity index (χ3n) is 5.06. The van der Waals surface area contributed by atoms with Crippen LogP contribution >= 0.6 is 12.2 Å². The topological polar surface area (TPSA) is 18.5 Å². The van der Waals surface area contributed by atoms with Crippen molar-refractivity contribution in [2.75, 3.05) is 26.2 Å². The zero-order valence-corrected chi connectivity index (χ0v) is 12.8. The van der Waals surface area contributed by atoms with Crippen LogP contribution in [0.1, 0.15) is 51.4 Å². The minimum atomic E-state index is 0.644. The smallest absolute Gasteiger partial charge is 0.169 e. The second-order valence-corrected chi connectivity index (χ2v) is 6.80. The van der Waals surface area contributed by atoms with Gasteiger partial charge in [-0.15, -0.1) is 0 Å². The van der Waals surface area contributed by atoms with E-state index in [1.807, 2.05) is 0 Å². The van der Waals surface area contributed by atoms with E-state index in [2.05, 4.69) is 15.1 Å². The highest BCUT2D eigenvalue weighted by molar-refractivity contribution is 7.80. The van der Waals surface area contributed by atoms with Crippen LogP contribution in [0.5, 0.6) is 0 Å². The van der Waals surface area contributed by atoms with Crippen LogP contribution in [0.4, 0.5) is 0 Å². The molecule has 4 heteroatoms. The van der Waals surface area contributed by atoms with Gasteiger partial charge in [0.15, 0.2) is 5.11 Å². The number of piperazine rings is 1. The molecule has 1 atom stereocenters. The van der Waals surface area contributed by atoms with Crippen molar-refractivity contribution in [1.82, 2.24) is 15.1 Å². The largest absolute Gasteiger partial charge is 0.360 e. The molecule has 0 aromatic heterocycles.